The van der Waals surface area contributed by atoms with Gasteiger partial charge in [-0.15, -0.1) is 0 Å². The minimum Gasteiger partial charge on any atom is -0.290 e. The third kappa shape index (κ3) is 2.02. The Morgan fingerprint density at radius 3 is 2.85 bits per heavy atom. The van der Waals surface area contributed by atoms with E-state index in [4.69, 9.17) is 0 Å². The summed E-state index contributed by atoms with van der Waals surface area (Å²) in [6.07, 6.45) is 6.03. The zero-order valence-electron chi connectivity index (χ0n) is 7.29. The third-order valence-electron chi connectivity index (χ3n) is 2.12. The summed E-state index contributed by atoms with van der Waals surface area (Å²) < 4.78 is 0. The van der Waals surface area contributed by atoms with Crippen LogP contribution < -0.4 is 5.69 Å². The van der Waals surface area contributed by atoms with E-state index in [-0.39, 0.29) is 5.69 Å². The summed E-state index contributed by atoms with van der Waals surface area (Å²) in [5.41, 5.74) is 0.849. The number of aromatic amines is 1. The maximum Gasteiger partial charge on any atom is 0.346 e. The Balaban J connectivity index is 2.26. The summed E-state index contributed by atoms with van der Waals surface area (Å²) in [7, 11) is 0. The molecule has 68 valence electrons. The van der Waals surface area contributed by atoms with E-state index in [2.05, 4.69) is 15.0 Å². The first kappa shape index (κ1) is 8.16. The number of nitrogens with zero attached hydrogens (tertiary/aromatic N) is 2. The van der Waals surface area contributed by atoms with Crippen molar-refractivity contribution in [2.75, 3.05) is 0 Å². The van der Waals surface area contributed by atoms with E-state index in [0.29, 0.717) is 5.82 Å². The molecule has 0 spiro atoms. The molecule has 1 aromatic rings. The zero-order valence-corrected chi connectivity index (χ0v) is 7.29. The van der Waals surface area contributed by atoms with Gasteiger partial charge in [-0.05, 0) is 31.7 Å². The van der Waals surface area contributed by atoms with Gasteiger partial charge in [0.1, 0.15) is 5.82 Å². The van der Waals surface area contributed by atoms with Crippen molar-refractivity contribution in [3.63, 3.8) is 0 Å². The number of aromatic nitrogens is 2. The Kier molecular flexibility index (Phi) is 2.21. The summed E-state index contributed by atoms with van der Waals surface area (Å²) in [6, 6.07) is 1.72. The number of nitrogens with one attached hydrogen (secondary N) is 1. The Morgan fingerprint density at radius 2 is 2.15 bits per heavy atom. The lowest BCUT2D eigenvalue weighted by Crippen LogP contribution is -2.07. The van der Waals surface area contributed by atoms with E-state index < -0.39 is 0 Å². The highest BCUT2D eigenvalue weighted by molar-refractivity contribution is 5.87. The average Bonchev–Trinajstić information content (AvgIpc) is 2.57. The standard InChI is InChI=1S/C9H11N3O/c13-9-10-6-5-8(12-9)11-7-3-1-2-4-7/h5-6H,1-4H2,(H,10,12,13). The van der Waals surface area contributed by atoms with Crippen molar-refractivity contribution in [3.05, 3.63) is 22.7 Å². The van der Waals surface area contributed by atoms with Gasteiger partial charge in [-0.25, -0.2) is 14.8 Å². The number of H-pyrrole nitrogens is 1. The van der Waals surface area contributed by atoms with Gasteiger partial charge in [0.2, 0.25) is 0 Å². The van der Waals surface area contributed by atoms with E-state index in [1.807, 2.05) is 0 Å². The molecular formula is C9H11N3O. The van der Waals surface area contributed by atoms with Gasteiger partial charge in [0.25, 0.3) is 0 Å². The van der Waals surface area contributed by atoms with Crippen molar-refractivity contribution < 1.29 is 0 Å². The molecule has 0 saturated heterocycles. The highest BCUT2D eigenvalue weighted by Gasteiger charge is 2.07. The van der Waals surface area contributed by atoms with Gasteiger partial charge in [-0.2, -0.15) is 0 Å². The van der Waals surface area contributed by atoms with E-state index >= 15 is 0 Å². The van der Waals surface area contributed by atoms with E-state index in [9.17, 15) is 4.79 Å². The van der Waals surface area contributed by atoms with Crippen LogP contribution in [0.25, 0.3) is 0 Å². The molecule has 1 N–H and O–H groups in total. The smallest absolute Gasteiger partial charge is 0.290 e. The molecule has 0 aromatic carbocycles. The van der Waals surface area contributed by atoms with Crippen molar-refractivity contribution >= 4 is 11.5 Å². The number of hydrogen-bond donors (Lipinski definition) is 1. The molecule has 0 atom stereocenters. The highest BCUT2D eigenvalue weighted by atomic mass is 16.1. The van der Waals surface area contributed by atoms with Crippen LogP contribution in [0.2, 0.25) is 0 Å². The Labute approximate surface area is 75.7 Å². The molecule has 2 rings (SSSR count). The molecule has 1 aliphatic carbocycles. The largest absolute Gasteiger partial charge is 0.346 e. The SMILES string of the molecule is O=c1nccc(N=C2CCCC2)[nH]1. The van der Waals surface area contributed by atoms with Crippen LogP contribution in [-0.2, 0) is 0 Å². The lowest BCUT2D eigenvalue weighted by Gasteiger charge is -1.94. The van der Waals surface area contributed by atoms with Gasteiger partial charge in [0.15, 0.2) is 0 Å². The number of rotatable bonds is 1. The molecule has 0 bridgehead atoms. The first-order chi connectivity index (χ1) is 6.34. The minimum atomic E-state index is -0.333. The van der Waals surface area contributed by atoms with Gasteiger partial charge >= 0.3 is 5.69 Å². The summed E-state index contributed by atoms with van der Waals surface area (Å²) in [6.45, 7) is 0. The summed E-state index contributed by atoms with van der Waals surface area (Å²) in [4.78, 5) is 21.3. The van der Waals surface area contributed by atoms with Crippen LogP contribution in [0.3, 0.4) is 0 Å². The summed E-state index contributed by atoms with van der Waals surface area (Å²) in [5.74, 6) is 0.622. The van der Waals surface area contributed by atoms with Crippen LogP contribution in [0.15, 0.2) is 22.1 Å². The second-order valence-corrected chi connectivity index (χ2v) is 3.15. The molecule has 0 unspecified atom stereocenters. The molecule has 1 aliphatic rings. The van der Waals surface area contributed by atoms with E-state index in [1.165, 1.54) is 24.8 Å². The van der Waals surface area contributed by atoms with Crippen LogP contribution in [0.1, 0.15) is 25.7 Å². The molecule has 0 radical (unpaired) electrons. The van der Waals surface area contributed by atoms with Crippen LogP contribution in [-0.4, -0.2) is 15.7 Å². The lowest BCUT2D eigenvalue weighted by molar-refractivity contribution is 0.886. The first-order valence-corrected chi connectivity index (χ1v) is 4.46. The van der Waals surface area contributed by atoms with E-state index in [0.717, 1.165) is 12.8 Å². The molecule has 13 heavy (non-hydrogen) atoms. The first-order valence-electron chi connectivity index (χ1n) is 4.46. The van der Waals surface area contributed by atoms with Crippen molar-refractivity contribution in [1.29, 1.82) is 0 Å². The molecule has 0 aliphatic heterocycles. The van der Waals surface area contributed by atoms with Crippen LogP contribution in [0.5, 0.6) is 0 Å². The number of hydrogen-bond acceptors (Lipinski definition) is 3. The predicted molar refractivity (Wildman–Crippen MR) is 50.4 cm³/mol. The fourth-order valence-corrected chi connectivity index (χ4v) is 1.49. The molecular weight excluding hydrogens is 166 g/mol. The highest BCUT2D eigenvalue weighted by Crippen LogP contribution is 2.17. The fraction of sp³-hybridized carbons (Fsp3) is 0.444. The van der Waals surface area contributed by atoms with Crippen LogP contribution in [0, 0.1) is 0 Å². The van der Waals surface area contributed by atoms with Gasteiger partial charge in [-0.3, -0.25) is 4.98 Å². The van der Waals surface area contributed by atoms with Gasteiger partial charge in [-0.1, -0.05) is 0 Å². The Hall–Kier alpha value is -1.45. The molecule has 0 amide bonds. The Morgan fingerprint density at radius 1 is 1.38 bits per heavy atom. The van der Waals surface area contributed by atoms with Gasteiger partial charge in [0, 0.05) is 11.9 Å². The zero-order chi connectivity index (χ0) is 9.10. The molecule has 1 aromatic heterocycles. The quantitative estimate of drug-likeness (QED) is 0.705. The van der Waals surface area contributed by atoms with Gasteiger partial charge < -0.3 is 0 Å². The normalized spacial score (nSPS) is 16.2. The topological polar surface area (TPSA) is 58.1 Å². The second kappa shape index (κ2) is 3.51. The minimum absolute atomic E-state index is 0.333. The second-order valence-electron chi connectivity index (χ2n) is 3.15. The summed E-state index contributed by atoms with van der Waals surface area (Å²) in [5, 5.41) is 0. The van der Waals surface area contributed by atoms with Gasteiger partial charge in [0.05, 0.1) is 0 Å². The van der Waals surface area contributed by atoms with Crippen molar-refractivity contribution in [1.82, 2.24) is 9.97 Å². The lowest BCUT2D eigenvalue weighted by atomic mass is 10.3. The Bertz CT molecular complexity index is 372. The molecule has 1 saturated carbocycles. The van der Waals surface area contributed by atoms with Crippen LogP contribution >= 0.6 is 0 Å². The van der Waals surface area contributed by atoms with Crippen molar-refractivity contribution in [2.24, 2.45) is 4.99 Å². The maximum atomic E-state index is 10.8. The molecule has 1 fully saturated rings. The maximum absolute atomic E-state index is 10.8. The predicted octanol–water partition coefficient (Wildman–Crippen LogP) is 1.42. The number of aliphatic imine (C=N–C) groups is 1. The molecule has 4 heteroatoms. The van der Waals surface area contributed by atoms with Crippen molar-refractivity contribution in [2.45, 2.75) is 25.7 Å². The fourth-order valence-electron chi connectivity index (χ4n) is 1.49. The monoisotopic (exact) mass is 177 g/mol. The third-order valence-corrected chi connectivity index (χ3v) is 2.12. The average molecular weight is 177 g/mol. The molecule has 1 heterocycles. The summed E-state index contributed by atoms with van der Waals surface area (Å²) >= 11 is 0. The van der Waals surface area contributed by atoms with Crippen molar-refractivity contribution in [3.8, 4) is 0 Å². The van der Waals surface area contributed by atoms with Crippen LogP contribution in [0.4, 0.5) is 5.82 Å². The molecule has 4 nitrogen and oxygen atoms in total. The van der Waals surface area contributed by atoms with E-state index in [1.54, 1.807) is 6.07 Å².